The Balaban J connectivity index is 3.30. The summed E-state index contributed by atoms with van der Waals surface area (Å²) in [6.45, 7) is 4.96. The first kappa shape index (κ1) is 14.0. The summed E-state index contributed by atoms with van der Waals surface area (Å²) < 4.78 is 13.6. The number of alkyl halides is 1. The average Bonchev–Trinajstić information content (AvgIpc) is 2.14. The molecule has 0 aliphatic carbocycles. The Kier molecular flexibility index (Phi) is 4.15. The molecule has 0 heterocycles. The zero-order chi connectivity index (χ0) is 13.2. The van der Waals surface area contributed by atoms with Gasteiger partial charge in [-0.25, -0.2) is 4.39 Å². The molecule has 1 rings (SSSR count). The molecule has 0 aromatic heterocycles. The van der Waals surface area contributed by atoms with Crippen LogP contribution in [-0.2, 0) is 10.2 Å². The van der Waals surface area contributed by atoms with Crippen LogP contribution in [-0.4, -0.2) is 11.1 Å². The smallest absolute Gasteiger partial charge is 0.304 e. The van der Waals surface area contributed by atoms with Crippen LogP contribution in [0.1, 0.15) is 44.5 Å². The Morgan fingerprint density at radius 3 is 2.59 bits per heavy atom. The van der Waals surface area contributed by atoms with Gasteiger partial charge in [0.15, 0.2) is 0 Å². The van der Waals surface area contributed by atoms with Crippen molar-refractivity contribution < 1.29 is 14.3 Å². The molecule has 0 radical (unpaired) electrons. The van der Waals surface area contributed by atoms with Crippen LogP contribution in [0.5, 0.6) is 0 Å². The molecule has 94 valence electrons. The minimum Gasteiger partial charge on any atom is -0.481 e. The Hall–Kier alpha value is -1.09. The van der Waals surface area contributed by atoms with Gasteiger partial charge in [-0.05, 0) is 18.6 Å². The van der Waals surface area contributed by atoms with Gasteiger partial charge in [0.05, 0.1) is 6.42 Å². The third-order valence-electron chi connectivity index (χ3n) is 2.77. The van der Waals surface area contributed by atoms with Gasteiger partial charge in [-0.1, -0.05) is 37.6 Å². The highest BCUT2D eigenvalue weighted by atomic mass is 35.5. The fourth-order valence-corrected chi connectivity index (χ4v) is 2.33. The normalized spacial score (nSPS) is 13.5. The molecule has 1 N–H and O–H groups in total. The number of halogens is 2. The molecule has 0 fully saturated rings. The number of hydrogen-bond acceptors (Lipinski definition) is 1. The maximum absolute atomic E-state index is 13.6. The summed E-state index contributed by atoms with van der Waals surface area (Å²) in [4.78, 5) is 10.8. The number of benzene rings is 1. The van der Waals surface area contributed by atoms with Crippen molar-refractivity contribution in [2.45, 2.75) is 38.8 Å². The topological polar surface area (TPSA) is 37.3 Å². The van der Waals surface area contributed by atoms with Gasteiger partial charge in [-0.15, -0.1) is 0 Å². The third kappa shape index (κ3) is 3.19. The lowest BCUT2D eigenvalue weighted by molar-refractivity contribution is -0.138. The SMILES string of the molecule is CC(F)c1c(Cl)cccc1C(C)(C)CC(=O)O. The number of aliphatic carboxylic acids is 1. The van der Waals surface area contributed by atoms with Gasteiger partial charge in [-0.3, -0.25) is 4.79 Å². The first-order chi connectivity index (χ1) is 7.75. The molecule has 0 saturated heterocycles. The van der Waals surface area contributed by atoms with Crippen molar-refractivity contribution in [3.05, 3.63) is 34.3 Å². The summed E-state index contributed by atoms with van der Waals surface area (Å²) >= 11 is 5.98. The van der Waals surface area contributed by atoms with Crippen LogP contribution in [0.4, 0.5) is 4.39 Å². The average molecular weight is 259 g/mol. The highest BCUT2D eigenvalue weighted by Crippen LogP contribution is 2.37. The minimum atomic E-state index is -1.22. The molecule has 1 unspecified atom stereocenters. The Morgan fingerprint density at radius 2 is 2.12 bits per heavy atom. The molecule has 0 spiro atoms. The lowest BCUT2D eigenvalue weighted by atomic mass is 9.78. The Bertz CT molecular complexity index is 427. The van der Waals surface area contributed by atoms with Crippen molar-refractivity contribution >= 4 is 17.6 Å². The van der Waals surface area contributed by atoms with Crippen molar-refractivity contribution in [2.75, 3.05) is 0 Å². The summed E-state index contributed by atoms with van der Waals surface area (Å²) in [5, 5.41) is 9.23. The van der Waals surface area contributed by atoms with Crippen LogP contribution in [0, 0.1) is 0 Å². The monoisotopic (exact) mass is 258 g/mol. The van der Waals surface area contributed by atoms with E-state index < -0.39 is 17.6 Å². The van der Waals surface area contributed by atoms with Crippen molar-refractivity contribution in [1.82, 2.24) is 0 Å². The molecule has 1 aromatic rings. The van der Waals surface area contributed by atoms with E-state index in [1.807, 2.05) is 0 Å². The molecular formula is C13H16ClFO2. The molecule has 0 aliphatic heterocycles. The second-order valence-electron chi connectivity index (χ2n) is 4.77. The summed E-state index contributed by atoms with van der Waals surface area (Å²) in [6, 6.07) is 5.07. The van der Waals surface area contributed by atoms with E-state index in [9.17, 15) is 9.18 Å². The third-order valence-corrected chi connectivity index (χ3v) is 3.10. The van der Waals surface area contributed by atoms with E-state index in [1.54, 1.807) is 32.0 Å². The first-order valence-corrected chi connectivity index (χ1v) is 5.78. The molecule has 17 heavy (non-hydrogen) atoms. The second-order valence-corrected chi connectivity index (χ2v) is 5.18. The van der Waals surface area contributed by atoms with E-state index in [2.05, 4.69) is 0 Å². The standard InChI is InChI=1S/C13H16ClFO2/c1-8(15)12-9(5-4-6-10(12)14)13(2,3)7-11(16)17/h4-6,8H,7H2,1-3H3,(H,16,17). The number of carboxylic acid groups (broad SMARTS) is 1. The molecule has 0 aliphatic rings. The van der Waals surface area contributed by atoms with Gasteiger partial charge >= 0.3 is 5.97 Å². The van der Waals surface area contributed by atoms with E-state index in [0.717, 1.165) is 0 Å². The van der Waals surface area contributed by atoms with Crippen molar-refractivity contribution in [1.29, 1.82) is 0 Å². The number of rotatable bonds is 4. The van der Waals surface area contributed by atoms with Crippen LogP contribution in [0.2, 0.25) is 5.02 Å². The summed E-state index contributed by atoms with van der Waals surface area (Å²) in [5.74, 6) is -0.910. The fraction of sp³-hybridized carbons (Fsp3) is 0.462. The van der Waals surface area contributed by atoms with E-state index in [1.165, 1.54) is 6.92 Å². The van der Waals surface area contributed by atoms with Crippen molar-refractivity contribution in [2.24, 2.45) is 0 Å². The first-order valence-electron chi connectivity index (χ1n) is 5.40. The summed E-state index contributed by atoms with van der Waals surface area (Å²) in [7, 11) is 0. The highest BCUT2D eigenvalue weighted by Gasteiger charge is 2.29. The molecule has 0 amide bonds. The van der Waals surface area contributed by atoms with Gasteiger partial charge in [0.1, 0.15) is 6.17 Å². The second kappa shape index (κ2) is 5.05. The van der Waals surface area contributed by atoms with Crippen LogP contribution in [0.25, 0.3) is 0 Å². The Labute approximate surface area is 105 Å². The maximum atomic E-state index is 13.6. The van der Waals surface area contributed by atoms with Crippen LogP contribution in [0.3, 0.4) is 0 Å². The molecule has 1 atom stereocenters. The van der Waals surface area contributed by atoms with Gasteiger partial charge < -0.3 is 5.11 Å². The molecule has 2 nitrogen and oxygen atoms in total. The fourth-order valence-electron chi connectivity index (χ4n) is 2.00. The highest BCUT2D eigenvalue weighted by molar-refractivity contribution is 6.31. The Morgan fingerprint density at radius 1 is 1.53 bits per heavy atom. The van der Waals surface area contributed by atoms with Gasteiger partial charge in [0, 0.05) is 16.0 Å². The van der Waals surface area contributed by atoms with Crippen molar-refractivity contribution in [3.63, 3.8) is 0 Å². The molecular weight excluding hydrogens is 243 g/mol. The van der Waals surface area contributed by atoms with Gasteiger partial charge in [0.2, 0.25) is 0 Å². The predicted molar refractivity (Wildman–Crippen MR) is 66.3 cm³/mol. The minimum absolute atomic E-state index is 0.0624. The molecule has 1 aromatic carbocycles. The maximum Gasteiger partial charge on any atom is 0.304 e. The van der Waals surface area contributed by atoms with Crippen molar-refractivity contribution in [3.8, 4) is 0 Å². The van der Waals surface area contributed by atoms with E-state index >= 15 is 0 Å². The predicted octanol–water partition coefficient (Wildman–Crippen LogP) is 4.12. The molecule has 4 heteroatoms. The number of carbonyl (C=O) groups is 1. The summed E-state index contributed by atoms with van der Waals surface area (Å²) in [5.41, 5.74) is 0.398. The lowest BCUT2D eigenvalue weighted by Gasteiger charge is -2.27. The zero-order valence-corrected chi connectivity index (χ0v) is 10.9. The lowest BCUT2D eigenvalue weighted by Crippen LogP contribution is -2.23. The van der Waals surface area contributed by atoms with E-state index in [0.29, 0.717) is 16.1 Å². The van der Waals surface area contributed by atoms with Crippen LogP contribution >= 0.6 is 11.6 Å². The molecule has 0 saturated carbocycles. The number of hydrogen-bond donors (Lipinski definition) is 1. The van der Waals surface area contributed by atoms with E-state index in [-0.39, 0.29) is 6.42 Å². The number of carboxylic acids is 1. The van der Waals surface area contributed by atoms with Crippen LogP contribution < -0.4 is 0 Å². The van der Waals surface area contributed by atoms with E-state index in [4.69, 9.17) is 16.7 Å². The van der Waals surface area contributed by atoms with Crippen LogP contribution in [0.15, 0.2) is 18.2 Å². The largest absolute Gasteiger partial charge is 0.481 e. The molecule has 0 bridgehead atoms. The van der Waals surface area contributed by atoms with Gasteiger partial charge in [0.25, 0.3) is 0 Å². The summed E-state index contributed by atoms with van der Waals surface area (Å²) in [6.07, 6.45) is -1.28. The zero-order valence-electron chi connectivity index (χ0n) is 10.1. The van der Waals surface area contributed by atoms with Gasteiger partial charge in [-0.2, -0.15) is 0 Å². The quantitative estimate of drug-likeness (QED) is 0.882.